The Labute approximate surface area is 281 Å². The van der Waals surface area contributed by atoms with E-state index in [0.717, 1.165) is 60.2 Å². The van der Waals surface area contributed by atoms with Crippen molar-refractivity contribution in [3.63, 3.8) is 0 Å². The van der Waals surface area contributed by atoms with Crippen LogP contribution >= 0.6 is 0 Å². The molecule has 5 nitrogen and oxygen atoms in total. The van der Waals surface area contributed by atoms with Gasteiger partial charge in [0.2, 0.25) is 0 Å². The van der Waals surface area contributed by atoms with Gasteiger partial charge in [0.1, 0.15) is 0 Å². The van der Waals surface area contributed by atoms with Gasteiger partial charge in [-0.2, -0.15) is 0 Å². The lowest BCUT2D eigenvalue weighted by Gasteiger charge is -2.61. The number of carbonyl (C=O) groups excluding carboxylic acids is 2. The molecule has 1 N–H and O–H groups in total. The molecule has 0 aromatic heterocycles. The van der Waals surface area contributed by atoms with Crippen LogP contribution < -0.4 is 0 Å². The van der Waals surface area contributed by atoms with Crippen molar-refractivity contribution >= 4 is 11.9 Å². The zero-order valence-electron chi connectivity index (χ0n) is 30.6. The molecule has 0 bridgehead atoms. The Morgan fingerprint density at radius 2 is 1.48 bits per heavy atom. The van der Waals surface area contributed by atoms with Crippen molar-refractivity contribution in [1.29, 1.82) is 0 Å². The maximum Gasteiger partial charge on any atom is 0.335 e. The summed E-state index contributed by atoms with van der Waals surface area (Å²) >= 11 is 0. The minimum atomic E-state index is -0.587. The number of fused-ring (bicyclic) bond motifs is 5. The minimum Gasteiger partial charge on any atom is -0.462 e. The number of hydrogen-bond acceptors (Lipinski definition) is 5. The summed E-state index contributed by atoms with van der Waals surface area (Å²) in [4.78, 5) is 24.2. The summed E-state index contributed by atoms with van der Waals surface area (Å²) < 4.78 is 10.9. The summed E-state index contributed by atoms with van der Waals surface area (Å²) in [6.45, 7) is 24.0. The number of rotatable bonds is 15. The zero-order valence-corrected chi connectivity index (χ0v) is 30.6. The van der Waals surface area contributed by atoms with Crippen molar-refractivity contribution < 1.29 is 24.2 Å². The van der Waals surface area contributed by atoms with Crippen molar-refractivity contribution in [3.05, 3.63) is 24.3 Å². The molecule has 4 aliphatic carbocycles. The number of ether oxygens (including phenoxy) is 2. The molecule has 0 aromatic rings. The second-order valence-electron chi connectivity index (χ2n) is 17.5. The van der Waals surface area contributed by atoms with Gasteiger partial charge in [-0.1, -0.05) is 67.5 Å². The van der Waals surface area contributed by atoms with Crippen LogP contribution in [0.3, 0.4) is 0 Å². The molecule has 0 radical (unpaired) electrons. The molecule has 4 aliphatic rings. The topological polar surface area (TPSA) is 72.8 Å². The van der Waals surface area contributed by atoms with Crippen LogP contribution in [0.4, 0.5) is 0 Å². The number of aliphatic hydroxyl groups is 1. The SMILES string of the molecule is C=C(C)C(=O)OCC(CC[C@H]1CC[C@@]2(C)[C@@H](CC[C@@H]3[C@@H]2CC[C@]2(C)C([C@H](C)CC[C@@H](C)C(C)C)CC[C@@H]32)C1)COC(=O)C(=C)CO. The molecule has 11 atom stereocenters. The van der Waals surface area contributed by atoms with Crippen LogP contribution in [0.2, 0.25) is 0 Å². The fourth-order valence-corrected chi connectivity index (χ4v) is 11.0. The Morgan fingerprint density at radius 3 is 2.13 bits per heavy atom. The second-order valence-corrected chi connectivity index (χ2v) is 17.5. The summed E-state index contributed by atoms with van der Waals surface area (Å²) in [5, 5.41) is 9.23. The molecular formula is C41H68O5. The molecule has 5 heteroatoms. The van der Waals surface area contributed by atoms with Crippen LogP contribution in [0.5, 0.6) is 0 Å². The van der Waals surface area contributed by atoms with E-state index in [9.17, 15) is 14.7 Å². The third-order valence-corrected chi connectivity index (χ3v) is 14.5. The fraction of sp³-hybridized carbons (Fsp3) is 0.854. The molecule has 46 heavy (non-hydrogen) atoms. The molecule has 0 heterocycles. The molecule has 4 saturated carbocycles. The summed E-state index contributed by atoms with van der Waals surface area (Å²) in [6, 6.07) is 0. The van der Waals surface area contributed by atoms with Crippen LogP contribution in [-0.2, 0) is 19.1 Å². The highest BCUT2D eigenvalue weighted by molar-refractivity contribution is 5.88. The first-order chi connectivity index (χ1) is 21.7. The Kier molecular flexibility index (Phi) is 12.7. The van der Waals surface area contributed by atoms with Gasteiger partial charge in [0, 0.05) is 11.5 Å². The van der Waals surface area contributed by atoms with Gasteiger partial charge in [-0.05, 0) is 142 Å². The first kappa shape index (κ1) is 37.2. The van der Waals surface area contributed by atoms with Crippen molar-refractivity contribution in [2.75, 3.05) is 19.8 Å². The summed E-state index contributed by atoms with van der Waals surface area (Å²) in [5.41, 5.74) is 1.42. The Balaban J connectivity index is 1.33. The first-order valence-corrected chi connectivity index (χ1v) is 19.0. The van der Waals surface area contributed by atoms with Gasteiger partial charge < -0.3 is 14.6 Å². The molecule has 4 fully saturated rings. The molecule has 2 unspecified atom stereocenters. The third-order valence-electron chi connectivity index (χ3n) is 14.5. The van der Waals surface area contributed by atoms with Crippen LogP contribution in [0.1, 0.15) is 132 Å². The van der Waals surface area contributed by atoms with Gasteiger partial charge in [-0.3, -0.25) is 0 Å². The highest BCUT2D eigenvalue weighted by Crippen LogP contribution is 2.68. The predicted molar refractivity (Wildman–Crippen MR) is 187 cm³/mol. The van der Waals surface area contributed by atoms with Crippen molar-refractivity contribution in [1.82, 2.24) is 0 Å². The van der Waals surface area contributed by atoms with E-state index in [-0.39, 0.29) is 24.7 Å². The molecule has 4 rings (SSSR count). The average Bonchev–Trinajstić information content (AvgIpc) is 3.39. The number of esters is 2. The van der Waals surface area contributed by atoms with Crippen molar-refractivity contribution in [2.24, 2.45) is 70.0 Å². The van der Waals surface area contributed by atoms with Gasteiger partial charge in [0.25, 0.3) is 0 Å². The smallest absolute Gasteiger partial charge is 0.335 e. The Morgan fingerprint density at radius 1 is 0.826 bits per heavy atom. The zero-order chi connectivity index (χ0) is 33.8. The van der Waals surface area contributed by atoms with Gasteiger partial charge in [-0.15, -0.1) is 0 Å². The van der Waals surface area contributed by atoms with E-state index < -0.39 is 18.5 Å². The first-order valence-electron chi connectivity index (χ1n) is 19.0. The van der Waals surface area contributed by atoms with E-state index in [4.69, 9.17) is 9.47 Å². The van der Waals surface area contributed by atoms with E-state index in [2.05, 4.69) is 54.7 Å². The largest absolute Gasteiger partial charge is 0.462 e. The van der Waals surface area contributed by atoms with E-state index in [1.54, 1.807) is 6.92 Å². The van der Waals surface area contributed by atoms with Gasteiger partial charge in [-0.25, -0.2) is 9.59 Å². The van der Waals surface area contributed by atoms with E-state index in [1.165, 1.54) is 70.6 Å². The number of hydrogen-bond donors (Lipinski definition) is 1. The van der Waals surface area contributed by atoms with Gasteiger partial charge in [0.15, 0.2) is 0 Å². The van der Waals surface area contributed by atoms with Crippen molar-refractivity contribution in [3.8, 4) is 0 Å². The highest BCUT2D eigenvalue weighted by atomic mass is 16.5. The minimum absolute atomic E-state index is 0.0433. The van der Waals surface area contributed by atoms with Gasteiger partial charge >= 0.3 is 11.9 Å². The van der Waals surface area contributed by atoms with Crippen molar-refractivity contribution in [2.45, 2.75) is 132 Å². The molecule has 0 spiro atoms. The average molecular weight is 641 g/mol. The molecule has 0 aromatic carbocycles. The number of aliphatic hydroxyl groups excluding tert-OH is 1. The molecular weight excluding hydrogens is 572 g/mol. The quantitative estimate of drug-likeness (QED) is 0.143. The normalized spacial score (nSPS) is 35.7. The summed E-state index contributed by atoms with van der Waals surface area (Å²) in [6.07, 6.45) is 17.2. The molecule has 262 valence electrons. The lowest BCUT2D eigenvalue weighted by atomic mass is 9.44. The van der Waals surface area contributed by atoms with Crippen LogP contribution in [0, 0.1) is 70.0 Å². The second kappa shape index (κ2) is 15.7. The van der Waals surface area contributed by atoms with Crippen LogP contribution in [0.15, 0.2) is 24.3 Å². The van der Waals surface area contributed by atoms with Gasteiger partial charge in [0.05, 0.1) is 25.4 Å². The fourth-order valence-electron chi connectivity index (χ4n) is 11.0. The third kappa shape index (κ3) is 8.15. The van der Waals surface area contributed by atoms with E-state index in [0.29, 0.717) is 22.3 Å². The lowest BCUT2D eigenvalue weighted by Crippen LogP contribution is -2.53. The van der Waals surface area contributed by atoms with E-state index >= 15 is 0 Å². The van der Waals surface area contributed by atoms with Crippen LogP contribution in [-0.4, -0.2) is 36.9 Å². The number of carbonyl (C=O) groups is 2. The van der Waals surface area contributed by atoms with E-state index in [1.807, 2.05) is 0 Å². The Hall–Kier alpha value is -1.62. The highest BCUT2D eigenvalue weighted by Gasteiger charge is 2.60. The lowest BCUT2D eigenvalue weighted by molar-refractivity contribution is -0.144. The monoisotopic (exact) mass is 641 g/mol. The Bertz CT molecular complexity index is 1080. The molecule has 0 aliphatic heterocycles. The maximum atomic E-state index is 12.2. The predicted octanol–water partition coefficient (Wildman–Crippen LogP) is 9.58. The maximum absolute atomic E-state index is 12.2. The molecule has 0 saturated heterocycles. The summed E-state index contributed by atoms with van der Waals surface area (Å²) in [5.74, 6) is 6.48. The standard InChI is InChI=1S/C41H68O5/c1-26(2)28(5)10-11-29(6)35-16-17-36-34-15-14-33-22-31(18-20-40(33,8)37(34)19-21-41(35,36)9)12-13-32(24-45-38(43)27(3)4)25-46-39(44)30(7)23-42/h26,28-29,31-37,42H,3,7,10-25H2,1-2,4-6,8-9H3/t28-,29-,31+,32?,33+,34+,35?,36+,37+,40+,41-/m1/s1. The molecule has 0 amide bonds. The van der Waals surface area contributed by atoms with Crippen LogP contribution in [0.25, 0.3) is 0 Å². The summed E-state index contributed by atoms with van der Waals surface area (Å²) in [7, 11) is 0.